The van der Waals surface area contributed by atoms with Gasteiger partial charge in [0.05, 0.1) is 0 Å². The first-order chi connectivity index (χ1) is 5.62. The van der Waals surface area contributed by atoms with Gasteiger partial charge < -0.3 is 4.12 Å². The Kier molecular flexibility index (Phi) is 7.02. The monoisotopic (exact) mass is 218 g/mol. The van der Waals surface area contributed by atoms with Crippen molar-refractivity contribution in [3.8, 4) is 0 Å². The molecule has 0 heterocycles. The Balaban J connectivity index is 3.25. The molecule has 0 atom stereocenters. The fourth-order valence-electron chi connectivity index (χ4n) is 0.923. The summed E-state index contributed by atoms with van der Waals surface area (Å²) in [4.78, 5) is 0. The third kappa shape index (κ3) is 7.02. The van der Waals surface area contributed by atoms with Crippen LogP contribution in [0.1, 0.15) is 12.8 Å². The average Bonchev–Trinajstić information content (AvgIpc) is 2.04. The molecule has 0 saturated heterocycles. The molecule has 0 aliphatic heterocycles. The molecule has 0 aliphatic rings. The van der Waals surface area contributed by atoms with Gasteiger partial charge in [-0.15, -0.1) is 6.58 Å². The minimum absolute atomic E-state index is 0.218. The van der Waals surface area contributed by atoms with Crippen molar-refractivity contribution < 1.29 is 4.12 Å². The van der Waals surface area contributed by atoms with Crippen LogP contribution < -0.4 is 0 Å². The summed E-state index contributed by atoms with van der Waals surface area (Å²) >= 11 is 0. The Morgan fingerprint density at radius 3 is 2.67 bits per heavy atom. The van der Waals surface area contributed by atoms with E-state index in [9.17, 15) is 0 Å². The van der Waals surface area contributed by atoms with Gasteiger partial charge in [-0.3, -0.25) is 0 Å². The van der Waals surface area contributed by atoms with E-state index in [0.29, 0.717) is 0 Å². The summed E-state index contributed by atoms with van der Waals surface area (Å²) in [6.07, 6.45) is 2.83. The Morgan fingerprint density at radius 2 is 2.17 bits per heavy atom. The summed E-state index contributed by atoms with van der Waals surface area (Å²) in [6, 6.07) is 2.82. The van der Waals surface area contributed by atoms with Crippen molar-refractivity contribution in [2.45, 2.75) is 38.0 Å². The Hall–Kier alpha value is 0.351. The lowest BCUT2D eigenvalue weighted by Crippen LogP contribution is -2.29. The maximum Gasteiger partial charge on any atom is 0.197 e. The van der Waals surface area contributed by atoms with E-state index in [0.717, 1.165) is 0 Å². The highest BCUT2D eigenvalue weighted by atomic mass is 28.4. The van der Waals surface area contributed by atoms with Crippen molar-refractivity contribution in [3.05, 3.63) is 12.3 Å². The van der Waals surface area contributed by atoms with E-state index in [2.05, 4.69) is 19.7 Å². The molecule has 0 amide bonds. The molecule has 0 spiro atoms. The van der Waals surface area contributed by atoms with Gasteiger partial charge in [0.1, 0.15) is 9.76 Å². The van der Waals surface area contributed by atoms with Gasteiger partial charge in [-0.1, -0.05) is 24.6 Å². The molecule has 0 aromatic rings. The molecule has 0 fully saturated rings. The standard InChI is InChI=1S/C8H22OSi3/c1-4-12(2,3)9-11-8-6-5-7-10/h4H,1,5-8,11H2,2-3,10H3. The SMILES string of the molecule is C=C[Si](C)(C)O[SiH2]CCCC[SiH3]. The largest absolute Gasteiger partial charge is 0.458 e. The second-order valence-electron chi connectivity index (χ2n) is 3.72. The van der Waals surface area contributed by atoms with E-state index in [-0.39, 0.29) is 9.76 Å². The van der Waals surface area contributed by atoms with Gasteiger partial charge in [0.2, 0.25) is 0 Å². The number of rotatable bonds is 7. The summed E-state index contributed by atoms with van der Waals surface area (Å²) < 4.78 is 5.90. The van der Waals surface area contributed by atoms with E-state index < -0.39 is 8.32 Å². The van der Waals surface area contributed by atoms with Gasteiger partial charge in [-0.05, 0) is 19.1 Å². The van der Waals surface area contributed by atoms with Crippen LogP contribution in [0.3, 0.4) is 0 Å². The normalized spacial score (nSPS) is 12.8. The zero-order chi connectivity index (χ0) is 9.45. The fraction of sp³-hybridized carbons (Fsp3) is 0.750. The van der Waals surface area contributed by atoms with E-state index in [1.54, 1.807) is 0 Å². The topological polar surface area (TPSA) is 9.23 Å². The van der Waals surface area contributed by atoms with Crippen LogP contribution in [0.2, 0.25) is 25.2 Å². The van der Waals surface area contributed by atoms with Gasteiger partial charge in [-0.2, -0.15) is 0 Å². The van der Waals surface area contributed by atoms with Gasteiger partial charge >= 0.3 is 0 Å². The summed E-state index contributed by atoms with van der Waals surface area (Å²) in [5.41, 5.74) is 2.03. The predicted molar refractivity (Wildman–Crippen MR) is 66.1 cm³/mol. The van der Waals surface area contributed by atoms with E-state index in [4.69, 9.17) is 4.12 Å². The van der Waals surface area contributed by atoms with Crippen molar-refractivity contribution in [2.75, 3.05) is 0 Å². The zero-order valence-electron chi connectivity index (χ0n) is 8.73. The van der Waals surface area contributed by atoms with E-state index >= 15 is 0 Å². The van der Waals surface area contributed by atoms with Gasteiger partial charge in [0, 0.05) is 10.2 Å². The summed E-state index contributed by atoms with van der Waals surface area (Å²) in [6.45, 7) is 8.26. The van der Waals surface area contributed by atoms with E-state index in [1.165, 1.54) is 35.2 Å². The Morgan fingerprint density at radius 1 is 1.50 bits per heavy atom. The number of unbranched alkanes of at least 4 members (excludes halogenated alkanes) is 1. The van der Waals surface area contributed by atoms with Crippen LogP contribution in [0.25, 0.3) is 0 Å². The van der Waals surface area contributed by atoms with Gasteiger partial charge in [0.15, 0.2) is 8.32 Å². The molecule has 0 aliphatic carbocycles. The summed E-state index contributed by atoms with van der Waals surface area (Å²) in [7, 11) is -0.255. The first-order valence-electron chi connectivity index (χ1n) is 4.90. The van der Waals surface area contributed by atoms with Gasteiger partial charge in [0.25, 0.3) is 0 Å². The third-order valence-corrected chi connectivity index (χ3v) is 8.24. The number of hydrogen-bond donors (Lipinski definition) is 0. The van der Waals surface area contributed by atoms with Crippen molar-refractivity contribution in [1.29, 1.82) is 0 Å². The molecule has 0 saturated carbocycles. The number of hydrogen-bond acceptors (Lipinski definition) is 1. The molecule has 4 heteroatoms. The quantitative estimate of drug-likeness (QED) is 0.458. The van der Waals surface area contributed by atoms with E-state index in [1.807, 2.05) is 5.70 Å². The maximum atomic E-state index is 5.90. The molecule has 0 aromatic heterocycles. The lowest BCUT2D eigenvalue weighted by atomic mass is 10.4. The van der Waals surface area contributed by atoms with Crippen LogP contribution in [-0.4, -0.2) is 28.3 Å². The second-order valence-corrected chi connectivity index (χ2v) is 10.6. The van der Waals surface area contributed by atoms with Crippen LogP contribution in [0, 0.1) is 0 Å². The first kappa shape index (κ1) is 12.4. The zero-order valence-corrected chi connectivity index (χ0v) is 13.1. The fourth-order valence-corrected chi connectivity index (χ4v) is 5.13. The second kappa shape index (κ2) is 6.82. The molecule has 0 radical (unpaired) electrons. The highest BCUT2D eigenvalue weighted by molar-refractivity contribution is 6.79. The summed E-state index contributed by atoms with van der Waals surface area (Å²) in [5, 5.41) is 0. The lowest BCUT2D eigenvalue weighted by Gasteiger charge is -2.18. The van der Waals surface area contributed by atoms with Crippen molar-refractivity contribution in [3.63, 3.8) is 0 Å². The Labute approximate surface area is 83.1 Å². The highest BCUT2D eigenvalue weighted by Crippen LogP contribution is 2.06. The van der Waals surface area contributed by atoms with Crippen LogP contribution >= 0.6 is 0 Å². The molecular formula is C8H22OSi3. The average molecular weight is 219 g/mol. The lowest BCUT2D eigenvalue weighted by molar-refractivity contribution is 0.596. The minimum Gasteiger partial charge on any atom is -0.458 e. The first-order valence-corrected chi connectivity index (χ1v) is 10.9. The Bertz CT molecular complexity index is 125. The predicted octanol–water partition coefficient (Wildman–Crippen LogP) is 0.999. The minimum atomic E-state index is -1.40. The maximum absolute atomic E-state index is 5.90. The molecule has 0 N–H and O–H groups in total. The molecule has 0 bridgehead atoms. The summed E-state index contributed by atoms with van der Waals surface area (Å²) in [5.74, 6) is 0. The molecule has 12 heavy (non-hydrogen) atoms. The van der Waals surface area contributed by atoms with Crippen LogP contribution in [-0.2, 0) is 4.12 Å². The molecule has 0 rings (SSSR count). The van der Waals surface area contributed by atoms with Crippen LogP contribution in [0.5, 0.6) is 0 Å². The van der Waals surface area contributed by atoms with Gasteiger partial charge in [-0.25, -0.2) is 0 Å². The molecule has 72 valence electrons. The van der Waals surface area contributed by atoms with Crippen molar-refractivity contribution >= 4 is 28.3 Å². The molecule has 1 nitrogen and oxygen atoms in total. The van der Waals surface area contributed by atoms with Crippen LogP contribution in [0.15, 0.2) is 12.3 Å². The molecule has 0 aromatic carbocycles. The van der Waals surface area contributed by atoms with Crippen molar-refractivity contribution in [2.24, 2.45) is 0 Å². The molecular weight excluding hydrogens is 196 g/mol. The van der Waals surface area contributed by atoms with Crippen molar-refractivity contribution in [1.82, 2.24) is 0 Å². The third-order valence-electron chi connectivity index (χ3n) is 1.96. The highest BCUT2D eigenvalue weighted by Gasteiger charge is 2.15. The smallest absolute Gasteiger partial charge is 0.197 e. The van der Waals surface area contributed by atoms with Crippen LogP contribution in [0.4, 0.5) is 0 Å². The molecule has 0 unspecified atom stereocenters.